The molecule has 1 aliphatic rings. The van der Waals surface area contributed by atoms with Crippen molar-refractivity contribution >= 4 is 6.16 Å². The molecule has 6 nitrogen and oxygen atoms in total. The summed E-state index contributed by atoms with van der Waals surface area (Å²) in [5, 5.41) is 20.6. The molecular formula is C25H28F4O6. The van der Waals surface area contributed by atoms with Crippen LogP contribution < -0.4 is 0 Å². The van der Waals surface area contributed by atoms with Gasteiger partial charge in [0.1, 0.15) is 31.0 Å². The number of alkyl halides is 4. The molecule has 0 aromatic heterocycles. The average Bonchev–Trinajstić information content (AvgIpc) is 2.82. The lowest BCUT2D eigenvalue weighted by molar-refractivity contribution is -0.215. The molecule has 2 aromatic carbocycles. The third kappa shape index (κ3) is 6.50. The van der Waals surface area contributed by atoms with E-state index in [0.29, 0.717) is 5.56 Å². The lowest BCUT2D eigenvalue weighted by Gasteiger charge is -2.39. The Morgan fingerprint density at radius 2 is 1.66 bits per heavy atom. The maximum absolute atomic E-state index is 14.6. The first-order valence-electron chi connectivity index (χ1n) is 11.3. The summed E-state index contributed by atoms with van der Waals surface area (Å²) in [6.07, 6.45) is -13.5. The van der Waals surface area contributed by atoms with E-state index in [1.54, 1.807) is 19.1 Å². The van der Waals surface area contributed by atoms with Crippen molar-refractivity contribution in [2.75, 3.05) is 13.2 Å². The number of aliphatic hydroxyl groups is 2. The monoisotopic (exact) mass is 500 g/mol. The first-order chi connectivity index (χ1) is 16.5. The molecule has 1 saturated heterocycles. The number of aryl methyl sites for hydroxylation is 1. The van der Waals surface area contributed by atoms with Crippen molar-refractivity contribution in [1.29, 1.82) is 0 Å². The van der Waals surface area contributed by atoms with Gasteiger partial charge in [-0.15, -0.1) is 0 Å². The zero-order valence-corrected chi connectivity index (χ0v) is 19.3. The second-order valence-electron chi connectivity index (χ2n) is 8.28. The number of hydrogen-bond acceptors (Lipinski definition) is 6. The van der Waals surface area contributed by atoms with Crippen LogP contribution in [-0.4, -0.2) is 54.1 Å². The van der Waals surface area contributed by atoms with Crippen LogP contribution in [0.15, 0.2) is 42.5 Å². The molecule has 192 valence electrons. The summed E-state index contributed by atoms with van der Waals surface area (Å²) in [6.45, 7) is 2.93. The fourth-order valence-corrected chi connectivity index (χ4v) is 3.97. The first kappa shape index (κ1) is 26.9. The van der Waals surface area contributed by atoms with Gasteiger partial charge in [0.25, 0.3) is 0 Å². The Bertz CT molecular complexity index is 994. The van der Waals surface area contributed by atoms with Crippen LogP contribution in [0.1, 0.15) is 47.8 Å². The van der Waals surface area contributed by atoms with Crippen LogP contribution in [0.5, 0.6) is 0 Å². The minimum Gasteiger partial charge on any atom is -0.435 e. The van der Waals surface area contributed by atoms with Gasteiger partial charge in [0, 0.05) is 0 Å². The van der Waals surface area contributed by atoms with Gasteiger partial charge in [-0.1, -0.05) is 43.3 Å². The highest BCUT2D eigenvalue weighted by molar-refractivity contribution is 5.59. The summed E-state index contributed by atoms with van der Waals surface area (Å²) in [5.74, 6) is 0. The van der Waals surface area contributed by atoms with Crippen molar-refractivity contribution in [2.45, 2.75) is 63.5 Å². The highest BCUT2D eigenvalue weighted by Crippen LogP contribution is 2.38. The van der Waals surface area contributed by atoms with Gasteiger partial charge in [-0.2, -0.15) is 13.2 Å². The Morgan fingerprint density at radius 3 is 2.26 bits per heavy atom. The predicted octanol–water partition coefficient (Wildman–Crippen LogP) is 4.53. The molecule has 10 heteroatoms. The summed E-state index contributed by atoms with van der Waals surface area (Å²) in [6, 6.07) is 10.4. The van der Waals surface area contributed by atoms with Gasteiger partial charge in [0.15, 0.2) is 6.17 Å². The van der Waals surface area contributed by atoms with Gasteiger partial charge in [0.2, 0.25) is 0 Å². The summed E-state index contributed by atoms with van der Waals surface area (Å²) < 4.78 is 70.6. The van der Waals surface area contributed by atoms with Crippen LogP contribution in [-0.2, 0) is 33.2 Å². The van der Waals surface area contributed by atoms with Gasteiger partial charge in [-0.25, -0.2) is 9.18 Å². The van der Waals surface area contributed by atoms with Crippen molar-refractivity contribution in [3.63, 3.8) is 0 Å². The van der Waals surface area contributed by atoms with Gasteiger partial charge >= 0.3 is 12.3 Å². The van der Waals surface area contributed by atoms with Gasteiger partial charge in [-0.3, -0.25) is 0 Å². The summed E-state index contributed by atoms with van der Waals surface area (Å²) in [7, 11) is 0. The largest absolute Gasteiger partial charge is 0.508 e. The van der Waals surface area contributed by atoms with Crippen LogP contribution in [0.25, 0.3) is 0 Å². The lowest BCUT2D eigenvalue weighted by atomic mass is 9.89. The number of hydrogen-bond donors (Lipinski definition) is 2. The number of rotatable bonds is 7. The van der Waals surface area contributed by atoms with Crippen LogP contribution in [0.2, 0.25) is 0 Å². The Balaban J connectivity index is 1.89. The Labute approximate surface area is 200 Å². The van der Waals surface area contributed by atoms with E-state index >= 15 is 0 Å². The molecule has 0 saturated carbocycles. The minimum atomic E-state index is -4.62. The molecule has 0 aliphatic carbocycles. The second kappa shape index (κ2) is 11.4. The molecule has 0 radical (unpaired) electrons. The van der Waals surface area contributed by atoms with E-state index in [-0.39, 0.29) is 24.2 Å². The van der Waals surface area contributed by atoms with E-state index in [1.807, 2.05) is 19.1 Å². The third-order valence-corrected chi connectivity index (χ3v) is 5.88. The lowest BCUT2D eigenvalue weighted by Crippen LogP contribution is -2.53. The molecular weight excluding hydrogens is 472 g/mol. The molecule has 1 aliphatic heterocycles. The molecule has 5 unspecified atom stereocenters. The van der Waals surface area contributed by atoms with Crippen molar-refractivity contribution in [2.24, 2.45) is 0 Å². The molecule has 2 aromatic rings. The second-order valence-corrected chi connectivity index (χ2v) is 8.28. The Morgan fingerprint density at radius 1 is 1.00 bits per heavy atom. The molecule has 5 atom stereocenters. The molecule has 1 heterocycles. The smallest absolute Gasteiger partial charge is 0.435 e. The Kier molecular flexibility index (Phi) is 8.74. The fraction of sp³-hybridized carbons (Fsp3) is 0.480. The van der Waals surface area contributed by atoms with Crippen LogP contribution in [0.4, 0.5) is 22.4 Å². The molecule has 0 spiro atoms. The van der Waals surface area contributed by atoms with E-state index in [2.05, 4.69) is 4.74 Å². The van der Waals surface area contributed by atoms with Gasteiger partial charge < -0.3 is 24.4 Å². The van der Waals surface area contributed by atoms with E-state index in [1.165, 1.54) is 6.07 Å². The van der Waals surface area contributed by atoms with Crippen molar-refractivity contribution < 1.29 is 46.8 Å². The van der Waals surface area contributed by atoms with Crippen LogP contribution in [0, 0.1) is 0 Å². The zero-order chi connectivity index (χ0) is 25.8. The molecule has 3 rings (SSSR count). The number of ether oxygens (including phenoxy) is 3. The topological polar surface area (TPSA) is 85.2 Å². The number of carbonyl (C=O) groups is 1. The number of carbonyl (C=O) groups excluding carboxylic acids is 1. The zero-order valence-electron chi connectivity index (χ0n) is 19.3. The van der Waals surface area contributed by atoms with Crippen LogP contribution >= 0.6 is 0 Å². The van der Waals surface area contributed by atoms with E-state index < -0.39 is 55.1 Å². The fourth-order valence-electron chi connectivity index (χ4n) is 3.97. The molecule has 0 bridgehead atoms. The molecule has 0 amide bonds. The maximum Gasteiger partial charge on any atom is 0.508 e. The molecule has 35 heavy (non-hydrogen) atoms. The number of halogens is 4. The summed E-state index contributed by atoms with van der Waals surface area (Å²) in [4.78, 5) is 11.4. The van der Waals surface area contributed by atoms with Crippen LogP contribution in [0.3, 0.4) is 0 Å². The van der Waals surface area contributed by atoms with Crippen molar-refractivity contribution in [3.05, 3.63) is 70.3 Å². The highest BCUT2D eigenvalue weighted by Gasteiger charge is 2.46. The minimum absolute atomic E-state index is 0.0306. The van der Waals surface area contributed by atoms with Gasteiger partial charge in [-0.05, 0) is 48.1 Å². The van der Waals surface area contributed by atoms with Crippen molar-refractivity contribution in [1.82, 2.24) is 0 Å². The highest BCUT2D eigenvalue weighted by atomic mass is 19.4. The Hall–Kier alpha value is -2.69. The van der Waals surface area contributed by atoms with E-state index in [0.717, 1.165) is 24.1 Å². The van der Waals surface area contributed by atoms with E-state index in [9.17, 15) is 32.6 Å². The maximum atomic E-state index is 14.6. The number of benzene rings is 2. The van der Waals surface area contributed by atoms with Crippen molar-refractivity contribution in [3.8, 4) is 0 Å². The predicted molar refractivity (Wildman–Crippen MR) is 118 cm³/mol. The number of aliphatic hydroxyl groups excluding tert-OH is 2. The standard InChI is InChI=1S/C25H28F4O6/c1-3-14-5-7-15(8-6-14)11-17-12-16(9-10-18(17)25(27,28)29)23-22(31)21(30)20(26)19(35-23)13-34-24(32)33-4-2/h5-10,12,19-23,30-31H,3-4,11,13H2,1-2H3. The summed E-state index contributed by atoms with van der Waals surface area (Å²) in [5.41, 5.74) is 0.906. The van der Waals surface area contributed by atoms with E-state index in [4.69, 9.17) is 9.47 Å². The molecule has 2 N–H and O–H groups in total. The third-order valence-electron chi connectivity index (χ3n) is 5.88. The SMILES string of the molecule is CCOC(=O)OCC1OC(c2ccc(C(F)(F)F)c(Cc3ccc(CC)cc3)c2)C(O)C(O)C1F. The summed E-state index contributed by atoms with van der Waals surface area (Å²) >= 11 is 0. The average molecular weight is 500 g/mol. The first-order valence-corrected chi connectivity index (χ1v) is 11.3. The molecule has 1 fully saturated rings. The van der Waals surface area contributed by atoms with Gasteiger partial charge in [0.05, 0.1) is 12.2 Å². The normalized spacial score (nSPS) is 24.7. The quantitative estimate of drug-likeness (QED) is 0.429.